The molecular weight excluding hydrogens is 264 g/mol. The number of hydrogen-bond donors (Lipinski definition) is 1. The van der Waals surface area contributed by atoms with Crippen molar-refractivity contribution in [1.29, 1.82) is 0 Å². The number of rotatable bonds is 5. The monoisotopic (exact) mass is 282 g/mol. The van der Waals surface area contributed by atoms with Gasteiger partial charge in [0.25, 0.3) is 0 Å². The second-order valence-electron chi connectivity index (χ2n) is 5.00. The lowest BCUT2D eigenvalue weighted by Crippen LogP contribution is -2.04. The molecule has 0 unspecified atom stereocenters. The van der Waals surface area contributed by atoms with Gasteiger partial charge in [0.05, 0.1) is 18.3 Å². The van der Waals surface area contributed by atoms with Crippen molar-refractivity contribution in [3.63, 3.8) is 0 Å². The van der Waals surface area contributed by atoms with Crippen molar-refractivity contribution >= 4 is 10.9 Å². The lowest BCUT2D eigenvalue weighted by atomic mass is 10.2. The lowest BCUT2D eigenvalue weighted by Gasteiger charge is -2.05. The van der Waals surface area contributed by atoms with E-state index < -0.39 is 0 Å². The zero-order valence-corrected chi connectivity index (χ0v) is 12.2. The molecule has 0 atom stereocenters. The molecule has 0 amide bonds. The molecule has 0 aliphatic carbocycles. The van der Waals surface area contributed by atoms with Crippen LogP contribution in [0.15, 0.2) is 47.0 Å². The predicted octanol–water partition coefficient (Wildman–Crippen LogP) is 3.43. The average molecular weight is 282 g/mol. The van der Waals surface area contributed by atoms with Crippen LogP contribution in [0.25, 0.3) is 10.9 Å². The highest BCUT2D eigenvalue weighted by Gasteiger charge is 2.07. The van der Waals surface area contributed by atoms with Crippen LogP contribution in [0.4, 0.5) is 0 Å². The van der Waals surface area contributed by atoms with E-state index in [0.29, 0.717) is 6.61 Å². The van der Waals surface area contributed by atoms with E-state index in [1.165, 1.54) is 0 Å². The summed E-state index contributed by atoms with van der Waals surface area (Å²) < 4.78 is 11.5. The molecule has 3 aromatic rings. The molecule has 1 aromatic carbocycles. The molecule has 0 saturated carbocycles. The zero-order chi connectivity index (χ0) is 14.7. The minimum Gasteiger partial charge on any atom is -0.484 e. The number of nitrogens with zero attached hydrogens (tertiary/aromatic N) is 1. The Hall–Kier alpha value is -2.33. The first kappa shape index (κ1) is 13.6. The number of hydrogen-bond acceptors (Lipinski definition) is 4. The van der Waals surface area contributed by atoms with Crippen LogP contribution in [-0.2, 0) is 13.2 Å². The first-order valence-electron chi connectivity index (χ1n) is 6.96. The Bertz CT molecular complexity index is 749. The molecule has 0 bridgehead atoms. The van der Waals surface area contributed by atoms with Gasteiger partial charge < -0.3 is 14.5 Å². The molecule has 0 saturated heterocycles. The Morgan fingerprint density at radius 1 is 1.24 bits per heavy atom. The molecule has 0 fully saturated rings. The summed E-state index contributed by atoms with van der Waals surface area (Å²) >= 11 is 0. The van der Waals surface area contributed by atoms with Crippen molar-refractivity contribution in [3.8, 4) is 5.75 Å². The maximum atomic E-state index is 5.77. The molecule has 0 aliphatic rings. The summed E-state index contributed by atoms with van der Waals surface area (Å²) in [7, 11) is 1.90. The molecule has 2 heterocycles. The third-order valence-electron chi connectivity index (χ3n) is 3.36. The minimum atomic E-state index is 0.407. The second-order valence-corrected chi connectivity index (χ2v) is 5.00. The van der Waals surface area contributed by atoms with Gasteiger partial charge in [-0.15, -0.1) is 0 Å². The van der Waals surface area contributed by atoms with Gasteiger partial charge in [-0.25, -0.2) is 0 Å². The topological polar surface area (TPSA) is 47.3 Å². The predicted molar refractivity (Wildman–Crippen MR) is 82.3 cm³/mol. The van der Waals surface area contributed by atoms with Crippen LogP contribution < -0.4 is 10.1 Å². The Labute approximate surface area is 123 Å². The minimum absolute atomic E-state index is 0.407. The Kier molecular flexibility index (Phi) is 3.88. The van der Waals surface area contributed by atoms with E-state index in [2.05, 4.69) is 10.3 Å². The highest BCUT2D eigenvalue weighted by atomic mass is 16.5. The first-order valence-corrected chi connectivity index (χ1v) is 6.96. The first-order chi connectivity index (χ1) is 10.3. The van der Waals surface area contributed by atoms with E-state index in [1.54, 1.807) is 6.20 Å². The summed E-state index contributed by atoms with van der Waals surface area (Å²) in [6.45, 7) is 3.17. The lowest BCUT2D eigenvalue weighted by molar-refractivity contribution is 0.265. The Morgan fingerprint density at radius 2 is 2.10 bits per heavy atom. The highest BCUT2D eigenvalue weighted by Crippen LogP contribution is 2.20. The van der Waals surface area contributed by atoms with Gasteiger partial charge in [0.2, 0.25) is 0 Å². The third kappa shape index (κ3) is 3.06. The van der Waals surface area contributed by atoms with Gasteiger partial charge in [-0.2, -0.15) is 0 Å². The SMILES string of the molecule is CNCc1oc(COc2cnc3ccccc3c2)cc1C. The van der Waals surface area contributed by atoms with Gasteiger partial charge in [-0.05, 0) is 37.7 Å². The highest BCUT2D eigenvalue weighted by molar-refractivity contribution is 5.79. The fourth-order valence-corrected chi connectivity index (χ4v) is 2.28. The van der Waals surface area contributed by atoms with E-state index in [0.717, 1.165) is 40.3 Å². The summed E-state index contributed by atoms with van der Waals surface area (Å²) in [5.41, 5.74) is 2.11. The van der Waals surface area contributed by atoms with Crippen molar-refractivity contribution in [2.45, 2.75) is 20.1 Å². The molecule has 1 N–H and O–H groups in total. The molecule has 108 valence electrons. The number of ether oxygens (including phenoxy) is 1. The molecule has 0 radical (unpaired) electrons. The average Bonchev–Trinajstić information content (AvgIpc) is 2.86. The van der Waals surface area contributed by atoms with E-state index in [4.69, 9.17) is 9.15 Å². The maximum absolute atomic E-state index is 5.77. The Morgan fingerprint density at radius 3 is 2.95 bits per heavy atom. The number of para-hydroxylation sites is 1. The number of aryl methyl sites for hydroxylation is 1. The normalized spacial score (nSPS) is 11.0. The van der Waals surface area contributed by atoms with Gasteiger partial charge in [0.1, 0.15) is 23.9 Å². The Balaban J connectivity index is 1.72. The zero-order valence-electron chi connectivity index (χ0n) is 12.2. The van der Waals surface area contributed by atoms with Crippen molar-refractivity contribution in [1.82, 2.24) is 10.3 Å². The fourth-order valence-electron chi connectivity index (χ4n) is 2.28. The molecule has 3 rings (SSSR count). The van der Waals surface area contributed by atoms with Gasteiger partial charge >= 0.3 is 0 Å². The largest absolute Gasteiger partial charge is 0.484 e. The molecule has 4 nitrogen and oxygen atoms in total. The van der Waals surface area contributed by atoms with Crippen molar-refractivity contribution in [2.24, 2.45) is 0 Å². The van der Waals surface area contributed by atoms with E-state index in [1.807, 2.05) is 50.4 Å². The van der Waals surface area contributed by atoms with Crippen LogP contribution >= 0.6 is 0 Å². The van der Waals surface area contributed by atoms with E-state index >= 15 is 0 Å². The van der Waals surface area contributed by atoms with Crippen LogP contribution in [0, 0.1) is 6.92 Å². The van der Waals surface area contributed by atoms with Crippen molar-refractivity contribution < 1.29 is 9.15 Å². The van der Waals surface area contributed by atoms with Crippen LogP contribution in [0.5, 0.6) is 5.75 Å². The van der Waals surface area contributed by atoms with Gasteiger partial charge in [0, 0.05) is 5.39 Å². The third-order valence-corrected chi connectivity index (χ3v) is 3.36. The fraction of sp³-hybridized carbons (Fsp3) is 0.235. The molecule has 2 aromatic heterocycles. The van der Waals surface area contributed by atoms with Crippen LogP contribution in [0.1, 0.15) is 17.1 Å². The number of pyridine rings is 1. The summed E-state index contributed by atoms with van der Waals surface area (Å²) in [6, 6.07) is 12.0. The summed E-state index contributed by atoms with van der Waals surface area (Å²) in [6.07, 6.45) is 1.74. The smallest absolute Gasteiger partial charge is 0.146 e. The maximum Gasteiger partial charge on any atom is 0.146 e. The molecular formula is C17H18N2O2. The van der Waals surface area contributed by atoms with E-state index in [-0.39, 0.29) is 0 Å². The van der Waals surface area contributed by atoms with Crippen LogP contribution in [0.2, 0.25) is 0 Å². The number of benzene rings is 1. The van der Waals surface area contributed by atoms with Crippen molar-refractivity contribution in [2.75, 3.05) is 7.05 Å². The number of nitrogens with one attached hydrogen (secondary N) is 1. The standard InChI is InChI=1S/C17H18N2O2/c1-12-7-15(21-17(12)10-18-2)11-20-14-8-13-5-3-4-6-16(13)19-9-14/h3-9,18H,10-11H2,1-2H3. The van der Waals surface area contributed by atoms with E-state index in [9.17, 15) is 0 Å². The summed E-state index contributed by atoms with van der Waals surface area (Å²) in [4.78, 5) is 4.38. The van der Waals surface area contributed by atoms with Gasteiger partial charge in [-0.1, -0.05) is 18.2 Å². The molecule has 21 heavy (non-hydrogen) atoms. The molecule has 0 spiro atoms. The van der Waals surface area contributed by atoms with Gasteiger partial charge in [-0.3, -0.25) is 4.98 Å². The van der Waals surface area contributed by atoms with Crippen LogP contribution in [0.3, 0.4) is 0 Å². The number of aromatic nitrogens is 1. The molecule has 4 heteroatoms. The van der Waals surface area contributed by atoms with Crippen LogP contribution in [-0.4, -0.2) is 12.0 Å². The quantitative estimate of drug-likeness (QED) is 0.778. The number of fused-ring (bicyclic) bond motifs is 1. The van der Waals surface area contributed by atoms with Crippen molar-refractivity contribution in [3.05, 3.63) is 59.7 Å². The second kappa shape index (κ2) is 5.97. The number of furan rings is 1. The summed E-state index contributed by atoms with van der Waals surface area (Å²) in [5, 5.41) is 4.16. The van der Waals surface area contributed by atoms with Gasteiger partial charge in [0.15, 0.2) is 0 Å². The molecule has 0 aliphatic heterocycles. The summed E-state index contributed by atoms with van der Waals surface area (Å²) in [5.74, 6) is 2.52.